The van der Waals surface area contributed by atoms with Crippen molar-refractivity contribution in [1.29, 1.82) is 0 Å². The van der Waals surface area contributed by atoms with Crippen LogP contribution in [0.5, 0.6) is 0 Å². The first kappa shape index (κ1) is 9.54. The van der Waals surface area contributed by atoms with E-state index in [2.05, 4.69) is 46.6 Å². The van der Waals surface area contributed by atoms with Gasteiger partial charge in [0.2, 0.25) is 0 Å². The number of nitrogens with zero attached hydrogens (tertiary/aromatic N) is 3. The lowest BCUT2D eigenvalue weighted by Crippen LogP contribution is -1.97. The van der Waals surface area contributed by atoms with Crippen molar-refractivity contribution in [3.63, 3.8) is 0 Å². The maximum atomic E-state index is 4.55. The van der Waals surface area contributed by atoms with Crippen LogP contribution in [0.3, 0.4) is 0 Å². The summed E-state index contributed by atoms with van der Waals surface area (Å²) in [5.41, 5.74) is 3.24. The van der Waals surface area contributed by atoms with Gasteiger partial charge in [0, 0.05) is 17.6 Å². The lowest BCUT2D eigenvalue weighted by molar-refractivity contribution is 0.953. The number of thiazole rings is 1. The molecule has 0 aliphatic rings. The molecule has 80 valence electrons. The van der Waals surface area contributed by atoms with E-state index in [1.54, 1.807) is 17.5 Å². The Bertz CT molecular complexity index is 599. The molecule has 0 aliphatic carbocycles. The fourth-order valence-corrected chi connectivity index (χ4v) is 2.87. The summed E-state index contributed by atoms with van der Waals surface area (Å²) < 4.78 is 3.29. The Morgan fingerprint density at radius 1 is 1.12 bits per heavy atom. The van der Waals surface area contributed by atoms with Gasteiger partial charge in [-0.1, -0.05) is 11.3 Å². The summed E-state index contributed by atoms with van der Waals surface area (Å²) in [6, 6.07) is 8.21. The maximum absolute atomic E-state index is 4.55. The van der Waals surface area contributed by atoms with E-state index >= 15 is 0 Å². The number of aromatic nitrogens is 3. The van der Waals surface area contributed by atoms with Crippen molar-refractivity contribution in [2.45, 2.75) is 13.8 Å². The molecule has 3 rings (SSSR count). The highest BCUT2D eigenvalue weighted by Gasteiger charge is 2.09. The van der Waals surface area contributed by atoms with Crippen LogP contribution in [-0.4, -0.2) is 14.5 Å². The zero-order chi connectivity index (χ0) is 11.1. The average molecular weight is 229 g/mol. The summed E-state index contributed by atoms with van der Waals surface area (Å²) in [7, 11) is 0. The van der Waals surface area contributed by atoms with Gasteiger partial charge in [-0.15, -0.1) is 0 Å². The second-order valence-electron chi connectivity index (χ2n) is 3.77. The highest BCUT2D eigenvalue weighted by atomic mass is 32.1. The fraction of sp³-hybridized carbons (Fsp3) is 0.167. The quantitative estimate of drug-likeness (QED) is 0.642. The third-order valence-corrected chi connectivity index (χ3v) is 3.61. The van der Waals surface area contributed by atoms with Crippen LogP contribution in [0.25, 0.3) is 15.5 Å². The Labute approximate surface area is 97.4 Å². The first-order valence-corrected chi connectivity index (χ1v) is 5.94. The standard InChI is InChI=1S/C12H11N3S/c1-8-5-6-9(2)15(8)12-14-11-10(16-12)4-3-7-13-11/h3-7H,1-2H3. The highest BCUT2D eigenvalue weighted by molar-refractivity contribution is 7.20. The fourth-order valence-electron chi connectivity index (χ4n) is 1.82. The molecule has 4 heteroatoms. The molecule has 0 N–H and O–H groups in total. The molecule has 3 heterocycles. The van der Waals surface area contributed by atoms with Crippen molar-refractivity contribution in [3.05, 3.63) is 41.9 Å². The second kappa shape index (κ2) is 3.42. The van der Waals surface area contributed by atoms with Gasteiger partial charge in [0.1, 0.15) is 0 Å². The molecule has 0 bridgehead atoms. The SMILES string of the molecule is Cc1ccc(C)n1-c1nc2ncccc2s1. The predicted octanol–water partition coefficient (Wildman–Crippen LogP) is 3.10. The summed E-state index contributed by atoms with van der Waals surface area (Å²) in [5.74, 6) is 0. The Morgan fingerprint density at radius 2 is 1.88 bits per heavy atom. The van der Waals surface area contributed by atoms with Crippen LogP contribution in [0.1, 0.15) is 11.4 Å². The Kier molecular flexibility index (Phi) is 2.04. The monoisotopic (exact) mass is 229 g/mol. The number of rotatable bonds is 1. The van der Waals surface area contributed by atoms with E-state index in [1.165, 1.54) is 11.4 Å². The van der Waals surface area contributed by atoms with Gasteiger partial charge in [-0.25, -0.2) is 4.98 Å². The largest absolute Gasteiger partial charge is 0.295 e. The first-order chi connectivity index (χ1) is 7.75. The molecule has 0 unspecified atom stereocenters. The molecule has 0 saturated heterocycles. The predicted molar refractivity (Wildman–Crippen MR) is 66.2 cm³/mol. The van der Waals surface area contributed by atoms with Crippen LogP contribution in [0.4, 0.5) is 0 Å². The second-order valence-corrected chi connectivity index (χ2v) is 4.78. The van der Waals surface area contributed by atoms with Gasteiger partial charge in [-0.2, -0.15) is 4.98 Å². The van der Waals surface area contributed by atoms with E-state index in [9.17, 15) is 0 Å². The van der Waals surface area contributed by atoms with Crippen molar-refractivity contribution in [2.75, 3.05) is 0 Å². The zero-order valence-electron chi connectivity index (χ0n) is 9.14. The van der Waals surface area contributed by atoms with Crippen LogP contribution in [-0.2, 0) is 0 Å². The third-order valence-electron chi connectivity index (χ3n) is 2.62. The lowest BCUT2D eigenvalue weighted by atomic mass is 10.5. The molecule has 0 spiro atoms. The average Bonchev–Trinajstić information content (AvgIpc) is 2.82. The molecule has 0 amide bonds. The summed E-state index contributed by atoms with van der Waals surface area (Å²) >= 11 is 1.67. The third kappa shape index (κ3) is 1.34. The number of hydrogen-bond donors (Lipinski definition) is 0. The van der Waals surface area contributed by atoms with Gasteiger partial charge >= 0.3 is 0 Å². The Hall–Kier alpha value is -1.68. The molecule has 16 heavy (non-hydrogen) atoms. The Morgan fingerprint density at radius 3 is 2.56 bits per heavy atom. The van der Waals surface area contributed by atoms with Gasteiger partial charge < -0.3 is 0 Å². The maximum Gasteiger partial charge on any atom is 0.196 e. The van der Waals surface area contributed by atoms with Crippen molar-refractivity contribution in [3.8, 4) is 5.13 Å². The number of aryl methyl sites for hydroxylation is 2. The Balaban J connectivity index is 2.27. The van der Waals surface area contributed by atoms with E-state index in [-0.39, 0.29) is 0 Å². The van der Waals surface area contributed by atoms with Gasteiger partial charge in [0.05, 0.1) is 4.70 Å². The summed E-state index contributed by atoms with van der Waals surface area (Å²) in [5, 5.41) is 0.994. The van der Waals surface area contributed by atoms with Crippen LogP contribution < -0.4 is 0 Å². The van der Waals surface area contributed by atoms with Crippen molar-refractivity contribution < 1.29 is 0 Å². The number of pyridine rings is 1. The topological polar surface area (TPSA) is 30.7 Å². The molecular formula is C12H11N3S. The number of hydrogen-bond acceptors (Lipinski definition) is 3. The molecular weight excluding hydrogens is 218 g/mol. The van der Waals surface area contributed by atoms with E-state index in [0.717, 1.165) is 15.5 Å². The summed E-state index contributed by atoms with van der Waals surface area (Å²) in [6.07, 6.45) is 1.78. The summed E-state index contributed by atoms with van der Waals surface area (Å²) in [4.78, 5) is 8.80. The molecule has 0 aromatic carbocycles. The minimum Gasteiger partial charge on any atom is -0.295 e. The summed E-state index contributed by atoms with van der Waals surface area (Å²) in [6.45, 7) is 4.18. The normalized spacial score (nSPS) is 11.1. The minimum absolute atomic E-state index is 0.829. The van der Waals surface area contributed by atoms with E-state index in [4.69, 9.17) is 0 Å². The first-order valence-electron chi connectivity index (χ1n) is 5.12. The van der Waals surface area contributed by atoms with E-state index in [0.29, 0.717) is 0 Å². The van der Waals surface area contributed by atoms with E-state index < -0.39 is 0 Å². The molecule has 3 aromatic rings. The van der Waals surface area contributed by atoms with Crippen LogP contribution in [0, 0.1) is 13.8 Å². The van der Waals surface area contributed by atoms with Gasteiger partial charge in [0.25, 0.3) is 0 Å². The van der Waals surface area contributed by atoms with Crippen molar-refractivity contribution in [1.82, 2.24) is 14.5 Å². The van der Waals surface area contributed by atoms with Crippen LogP contribution >= 0.6 is 11.3 Å². The highest BCUT2D eigenvalue weighted by Crippen LogP contribution is 2.25. The van der Waals surface area contributed by atoms with Crippen molar-refractivity contribution in [2.24, 2.45) is 0 Å². The molecule has 0 fully saturated rings. The molecule has 0 radical (unpaired) electrons. The zero-order valence-corrected chi connectivity index (χ0v) is 9.95. The van der Waals surface area contributed by atoms with Crippen LogP contribution in [0.2, 0.25) is 0 Å². The molecule has 3 nitrogen and oxygen atoms in total. The van der Waals surface area contributed by atoms with Crippen LogP contribution in [0.15, 0.2) is 30.5 Å². The van der Waals surface area contributed by atoms with Gasteiger partial charge in [0.15, 0.2) is 10.8 Å². The smallest absolute Gasteiger partial charge is 0.196 e. The molecule has 0 aliphatic heterocycles. The molecule has 3 aromatic heterocycles. The van der Waals surface area contributed by atoms with Gasteiger partial charge in [-0.3, -0.25) is 4.57 Å². The number of fused-ring (bicyclic) bond motifs is 1. The van der Waals surface area contributed by atoms with Crippen molar-refractivity contribution >= 4 is 21.7 Å². The molecule has 0 atom stereocenters. The molecule has 0 saturated carbocycles. The van der Waals surface area contributed by atoms with E-state index in [1.807, 2.05) is 6.07 Å². The lowest BCUT2D eigenvalue weighted by Gasteiger charge is -2.03. The minimum atomic E-state index is 0.829. The van der Waals surface area contributed by atoms with Gasteiger partial charge in [-0.05, 0) is 38.1 Å².